The van der Waals surface area contributed by atoms with Crippen molar-refractivity contribution in [3.05, 3.63) is 59.7 Å². The molecule has 0 saturated heterocycles. The van der Waals surface area contributed by atoms with Gasteiger partial charge in [0.2, 0.25) is 5.91 Å². The van der Waals surface area contributed by atoms with Crippen molar-refractivity contribution in [3.8, 4) is 11.5 Å². The van der Waals surface area contributed by atoms with Crippen molar-refractivity contribution in [1.29, 1.82) is 0 Å². The number of nitrogens with one attached hydrogen (secondary N) is 1. The van der Waals surface area contributed by atoms with Crippen molar-refractivity contribution in [2.24, 2.45) is 0 Å². The molecular weight excluding hydrogens is 368 g/mol. The monoisotopic (exact) mass is 398 g/mol. The van der Waals surface area contributed by atoms with Gasteiger partial charge in [0.1, 0.15) is 17.5 Å². The molecule has 6 nitrogen and oxygen atoms in total. The molecule has 0 radical (unpaired) electrons. The third kappa shape index (κ3) is 6.82. The quantitative estimate of drug-likeness (QED) is 0.667. The Morgan fingerprint density at radius 3 is 2.52 bits per heavy atom. The molecule has 0 aliphatic carbocycles. The van der Waals surface area contributed by atoms with Crippen LogP contribution in [0.3, 0.4) is 0 Å². The van der Waals surface area contributed by atoms with E-state index in [9.17, 15) is 9.59 Å². The Labute approximate surface area is 172 Å². The maximum Gasteiger partial charge on any atom is 0.261 e. The second-order valence-electron chi connectivity index (χ2n) is 6.95. The van der Waals surface area contributed by atoms with E-state index in [1.54, 1.807) is 14.0 Å². The number of aryl methyl sites for hydroxylation is 1. The minimum Gasteiger partial charge on any atom is -0.497 e. The molecule has 156 valence electrons. The Morgan fingerprint density at radius 1 is 1.10 bits per heavy atom. The lowest BCUT2D eigenvalue weighted by molar-refractivity contribution is -0.142. The summed E-state index contributed by atoms with van der Waals surface area (Å²) in [6.45, 7) is 6.40. The van der Waals surface area contributed by atoms with E-state index in [1.165, 1.54) is 4.90 Å². The summed E-state index contributed by atoms with van der Waals surface area (Å²) >= 11 is 0. The van der Waals surface area contributed by atoms with Gasteiger partial charge in [-0.3, -0.25) is 9.59 Å². The average Bonchev–Trinajstić information content (AvgIpc) is 2.73. The molecule has 0 bridgehead atoms. The van der Waals surface area contributed by atoms with Gasteiger partial charge in [0, 0.05) is 13.1 Å². The van der Waals surface area contributed by atoms with Gasteiger partial charge in [-0.1, -0.05) is 31.2 Å². The Kier molecular flexibility index (Phi) is 8.52. The number of carbonyl (C=O) groups is 2. The van der Waals surface area contributed by atoms with Gasteiger partial charge in [0.15, 0.2) is 6.61 Å². The molecule has 1 N–H and O–H groups in total. The number of benzene rings is 2. The predicted molar refractivity (Wildman–Crippen MR) is 113 cm³/mol. The molecule has 2 rings (SSSR count). The van der Waals surface area contributed by atoms with E-state index >= 15 is 0 Å². The first-order chi connectivity index (χ1) is 13.9. The number of nitrogens with zero attached hydrogens (tertiary/aromatic N) is 1. The fourth-order valence-electron chi connectivity index (χ4n) is 2.88. The molecule has 0 aliphatic rings. The van der Waals surface area contributed by atoms with Crippen LogP contribution in [-0.4, -0.2) is 43.0 Å². The topological polar surface area (TPSA) is 67.9 Å². The number of amides is 2. The summed E-state index contributed by atoms with van der Waals surface area (Å²) in [6.07, 6.45) is 0.832. The van der Waals surface area contributed by atoms with Crippen LogP contribution >= 0.6 is 0 Å². The zero-order chi connectivity index (χ0) is 21.2. The van der Waals surface area contributed by atoms with Crippen LogP contribution in [0, 0.1) is 6.92 Å². The summed E-state index contributed by atoms with van der Waals surface area (Å²) in [5, 5.41) is 2.86. The van der Waals surface area contributed by atoms with Crippen molar-refractivity contribution in [1.82, 2.24) is 10.2 Å². The molecular formula is C23H30N2O4. The summed E-state index contributed by atoms with van der Waals surface area (Å²) in [7, 11) is 1.60. The van der Waals surface area contributed by atoms with Crippen LogP contribution in [0.1, 0.15) is 31.4 Å². The number of ether oxygens (including phenoxy) is 2. The lowest BCUT2D eigenvalue weighted by Gasteiger charge is -2.29. The van der Waals surface area contributed by atoms with Crippen molar-refractivity contribution < 1.29 is 19.1 Å². The highest BCUT2D eigenvalue weighted by atomic mass is 16.5. The number of rotatable bonds is 10. The van der Waals surface area contributed by atoms with Crippen molar-refractivity contribution >= 4 is 11.8 Å². The number of hydrogen-bond acceptors (Lipinski definition) is 4. The highest BCUT2D eigenvalue weighted by Crippen LogP contribution is 2.17. The van der Waals surface area contributed by atoms with E-state index in [1.807, 2.05) is 62.4 Å². The minimum atomic E-state index is -0.624. The summed E-state index contributed by atoms with van der Waals surface area (Å²) in [4.78, 5) is 27.0. The van der Waals surface area contributed by atoms with Gasteiger partial charge in [-0.2, -0.15) is 0 Å². The molecule has 2 amide bonds. The van der Waals surface area contributed by atoms with Gasteiger partial charge in [-0.05, 0) is 55.7 Å². The zero-order valence-electron chi connectivity index (χ0n) is 17.6. The SMILES string of the molecule is CCCNC(=O)[C@@H](C)N(Cc1cccc(OC)c1)C(=O)COc1cccc(C)c1. The minimum absolute atomic E-state index is 0.140. The van der Waals surface area contributed by atoms with Crippen LogP contribution in [0.25, 0.3) is 0 Å². The molecule has 2 aromatic carbocycles. The van der Waals surface area contributed by atoms with Crippen LogP contribution in [0.2, 0.25) is 0 Å². The van der Waals surface area contributed by atoms with E-state index in [0.29, 0.717) is 18.0 Å². The molecule has 1 atom stereocenters. The van der Waals surface area contributed by atoms with Crippen LogP contribution in [0.15, 0.2) is 48.5 Å². The molecule has 0 heterocycles. The van der Waals surface area contributed by atoms with E-state index in [2.05, 4.69) is 5.32 Å². The lowest BCUT2D eigenvalue weighted by Crippen LogP contribution is -2.49. The Hall–Kier alpha value is -3.02. The molecule has 6 heteroatoms. The fourth-order valence-corrected chi connectivity index (χ4v) is 2.88. The Balaban J connectivity index is 2.15. The standard InChI is InChI=1S/C23H30N2O4/c1-5-12-24-23(27)18(3)25(15-19-9-7-10-20(14-19)28-4)22(26)16-29-21-11-6-8-17(2)13-21/h6-11,13-14,18H,5,12,15-16H2,1-4H3,(H,24,27)/t18-/m1/s1. The first-order valence-electron chi connectivity index (χ1n) is 9.84. The van der Waals surface area contributed by atoms with Crippen LogP contribution in [-0.2, 0) is 16.1 Å². The van der Waals surface area contributed by atoms with E-state index < -0.39 is 6.04 Å². The predicted octanol–water partition coefficient (Wildman–Crippen LogP) is 3.33. The van der Waals surface area contributed by atoms with Gasteiger partial charge < -0.3 is 19.7 Å². The highest BCUT2D eigenvalue weighted by molar-refractivity contribution is 5.87. The molecule has 0 saturated carbocycles. The van der Waals surface area contributed by atoms with Gasteiger partial charge in [-0.15, -0.1) is 0 Å². The van der Waals surface area contributed by atoms with E-state index in [0.717, 1.165) is 17.5 Å². The smallest absolute Gasteiger partial charge is 0.261 e. The van der Waals surface area contributed by atoms with Crippen LogP contribution < -0.4 is 14.8 Å². The largest absolute Gasteiger partial charge is 0.497 e. The average molecular weight is 399 g/mol. The first kappa shape index (κ1) is 22.3. The molecule has 2 aromatic rings. The molecule has 0 unspecified atom stereocenters. The molecule has 0 fully saturated rings. The van der Waals surface area contributed by atoms with Crippen molar-refractivity contribution in [2.75, 3.05) is 20.3 Å². The highest BCUT2D eigenvalue weighted by Gasteiger charge is 2.26. The second-order valence-corrected chi connectivity index (χ2v) is 6.95. The molecule has 0 aliphatic heterocycles. The maximum atomic E-state index is 13.0. The first-order valence-corrected chi connectivity index (χ1v) is 9.84. The molecule has 0 aromatic heterocycles. The van der Waals surface area contributed by atoms with Gasteiger partial charge in [-0.25, -0.2) is 0 Å². The van der Waals surface area contributed by atoms with E-state index in [4.69, 9.17) is 9.47 Å². The third-order valence-corrected chi connectivity index (χ3v) is 4.56. The number of methoxy groups -OCH3 is 1. The fraction of sp³-hybridized carbons (Fsp3) is 0.391. The normalized spacial score (nSPS) is 11.4. The van der Waals surface area contributed by atoms with Crippen molar-refractivity contribution in [2.45, 2.75) is 39.8 Å². The summed E-state index contributed by atoms with van der Waals surface area (Å²) in [6, 6.07) is 14.4. The molecule has 0 spiro atoms. The lowest BCUT2D eigenvalue weighted by atomic mass is 10.1. The van der Waals surface area contributed by atoms with E-state index in [-0.39, 0.29) is 25.0 Å². The number of hydrogen-bond donors (Lipinski definition) is 1. The molecule has 29 heavy (non-hydrogen) atoms. The van der Waals surface area contributed by atoms with Gasteiger partial charge >= 0.3 is 0 Å². The zero-order valence-corrected chi connectivity index (χ0v) is 17.6. The van der Waals surface area contributed by atoms with Gasteiger partial charge in [0.25, 0.3) is 5.91 Å². The third-order valence-electron chi connectivity index (χ3n) is 4.56. The Bertz CT molecular complexity index is 822. The van der Waals surface area contributed by atoms with Crippen LogP contribution in [0.5, 0.6) is 11.5 Å². The van der Waals surface area contributed by atoms with Gasteiger partial charge in [0.05, 0.1) is 7.11 Å². The van der Waals surface area contributed by atoms with Crippen molar-refractivity contribution in [3.63, 3.8) is 0 Å². The van der Waals surface area contributed by atoms with Crippen LogP contribution in [0.4, 0.5) is 0 Å². The maximum absolute atomic E-state index is 13.0. The summed E-state index contributed by atoms with van der Waals surface area (Å²) < 4.78 is 10.9. The summed E-state index contributed by atoms with van der Waals surface area (Å²) in [5.41, 5.74) is 1.93. The summed E-state index contributed by atoms with van der Waals surface area (Å²) in [5.74, 6) is 0.892. The number of carbonyl (C=O) groups excluding carboxylic acids is 2. The second kappa shape index (κ2) is 11.1. The Morgan fingerprint density at radius 2 is 1.83 bits per heavy atom.